The van der Waals surface area contributed by atoms with Gasteiger partial charge in [-0.1, -0.05) is 130 Å². The summed E-state index contributed by atoms with van der Waals surface area (Å²) in [5.74, 6) is -1.04. The van der Waals surface area contributed by atoms with Crippen LogP contribution in [0, 0.1) is 23.3 Å². The zero-order valence-electron chi connectivity index (χ0n) is 43.4. The van der Waals surface area contributed by atoms with E-state index < -0.39 is 23.3 Å². The van der Waals surface area contributed by atoms with Gasteiger partial charge in [0.2, 0.25) is 0 Å². The van der Waals surface area contributed by atoms with E-state index in [1.165, 1.54) is 29.8 Å². The Morgan fingerprint density at radius 1 is 0.405 bits per heavy atom. The first-order valence-corrected chi connectivity index (χ1v) is 26.2. The number of ether oxygens (including phenoxy) is 1. The normalized spacial score (nSPS) is 12.4. The fourth-order valence-corrected chi connectivity index (χ4v) is 11.1. The number of pyridine rings is 1. The van der Waals surface area contributed by atoms with Crippen LogP contribution in [0.3, 0.4) is 0 Å². The third kappa shape index (κ3) is 9.33. The molecule has 13 rings (SSSR count). The number of aromatic nitrogens is 2. The van der Waals surface area contributed by atoms with Crippen molar-refractivity contribution in [2.24, 2.45) is 0 Å². The number of halogens is 4. The number of nitrogens with zero attached hydrogens (tertiary/aromatic N) is 4. The third-order valence-electron chi connectivity index (χ3n) is 14.8. The van der Waals surface area contributed by atoms with Gasteiger partial charge in [0.05, 0.1) is 28.1 Å². The number of rotatable bonds is 10. The van der Waals surface area contributed by atoms with E-state index in [2.05, 4.69) is 127 Å². The summed E-state index contributed by atoms with van der Waals surface area (Å²) < 4.78 is 70.1. The van der Waals surface area contributed by atoms with Crippen LogP contribution in [0.25, 0.3) is 83.3 Å². The molecule has 9 heteroatoms. The second-order valence-electron chi connectivity index (χ2n) is 21.0. The molecule has 0 spiro atoms. The lowest BCUT2D eigenvalue weighted by Crippen LogP contribution is -2.25. The van der Waals surface area contributed by atoms with Crippen molar-refractivity contribution in [3.05, 3.63) is 266 Å². The van der Waals surface area contributed by atoms with Crippen molar-refractivity contribution in [2.45, 2.75) is 26.2 Å². The summed E-state index contributed by atoms with van der Waals surface area (Å²) in [6.45, 7) is 6.79. The standard InChI is InChI=1S/C70H50F4N4O/c1-70(2,3)52-27-28-75-68(38-52)78-64-22-11-10-19-62(64)63-26-25-58(42-67(63)78)79-59-37-49(48-30-46(44-15-6-4-7-16-44)29-47(31-48)45-17-8-5-9-18-45)36-57(41-59)76-43-77(66-24-13-12-23-65(66)76)69-60(50-32-53(71)39-54(72)33-50)20-14-21-61(69)51-34-55(73)40-56(74)35-51/h4-42H,43H2,1-3H3. The zero-order valence-corrected chi connectivity index (χ0v) is 43.4. The Bertz CT molecular complexity index is 4150. The molecular formula is C70H50F4N4O. The lowest BCUT2D eigenvalue weighted by Gasteiger charge is -2.27. The SMILES string of the molecule is CC(C)(C)c1ccnc(-n2c3ccccc3c3ccc(Oc4cc(-c5cc(-c6ccccc6)cc(-c6ccccc6)c5)cc(N5CN(c6c(-c7cc(F)cc(F)c7)cccc6-c6cc(F)cc(F)c6)c6ccccc65)c4)cc32)c1. The average molecular weight is 1040 g/mol. The summed E-state index contributed by atoms with van der Waals surface area (Å²) in [4.78, 5) is 9.13. The Hall–Kier alpha value is -9.73. The highest BCUT2D eigenvalue weighted by Crippen LogP contribution is 2.51. The molecule has 0 unspecified atom stereocenters. The minimum Gasteiger partial charge on any atom is -0.457 e. The van der Waals surface area contributed by atoms with E-state index in [0.717, 1.165) is 90.2 Å². The fourth-order valence-electron chi connectivity index (χ4n) is 11.1. The van der Waals surface area contributed by atoms with E-state index in [9.17, 15) is 0 Å². The van der Waals surface area contributed by atoms with Gasteiger partial charge in [-0.15, -0.1) is 0 Å². The second-order valence-corrected chi connectivity index (χ2v) is 21.0. The molecule has 0 saturated heterocycles. The van der Waals surface area contributed by atoms with Crippen molar-refractivity contribution >= 4 is 44.6 Å². The summed E-state index contributed by atoms with van der Waals surface area (Å²) in [5, 5.41) is 2.15. The Morgan fingerprint density at radius 3 is 1.54 bits per heavy atom. The van der Waals surface area contributed by atoms with Gasteiger partial charge in [0.25, 0.3) is 0 Å². The predicted molar refractivity (Wildman–Crippen MR) is 313 cm³/mol. The Morgan fingerprint density at radius 2 is 0.937 bits per heavy atom. The molecule has 12 aromatic rings. The smallest absolute Gasteiger partial charge is 0.137 e. The Labute approximate surface area is 455 Å². The molecule has 10 aromatic carbocycles. The maximum absolute atomic E-state index is 15.2. The van der Waals surface area contributed by atoms with Gasteiger partial charge in [0.15, 0.2) is 0 Å². The van der Waals surface area contributed by atoms with Crippen LogP contribution in [0.15, 0.2) is 237 Å². The molecule has 2 aromatic heterocycles. The van der Waals surface area contributed by atoms with Crippen molar-refractivity contribution in [3.8, 4) is 73.0 Å². The van der Waals surface area contributed by atoms with Gasteiger partial charge in [-0.2, -0.15) is 0 Å². The first kappa shape index (κ1) is 48.9. The highest BCUT2D eigenvalue weighted by molar-refractivity contribution is 6.09. The van der Waals surface area contributed by atoms with Gasteiger partial charge in [-0.3, -0.25) is 4.57 Å². The molecule has 0 atom stereocenters. The van der Waals surface area contributed by atoms with Crippen LogP contribution >= 0.6 is 0 Å². The largest absolute Gasteiger partial charge is 0.457 e. The number of fused-ring (bicyclic) bond motifs is 4. The molecule has 1 aliphatic heterocycles. The molecule has 0 fully saturated rings. The maximum Gasteiger partial charge on any atom is 0.137 e. The molecule has 0 saturated carbocycles. The molecule has 5 nitrogen and oxygen atoms in total. The third-order valence-corrected chi connectivity index (χ3v) is 14.8. The molecule has 0 amide bonds. The van der Waals surface area contributed by atoms with Gasteiger partial charge in [-0.25, -0.2) is 22.5 Å². The Balaban J connectivity index is 1.00. The molecule has 0 N–H and O–H groups in total. The van der Waals surface area contributed by atoms with Crippen LogP contribution in [-0.4, -0.2) is 16.2 Å². The summed E-state index contributed by atoms with van der Waals surface area (Å²) >= 11 is 0. The van der Waals surface area contributed by atoms with Crippen molar-refractivity contribution in [1.82, 2.24) is 9.55 Å². The lowest BCUT2D eigenvalue weighted by molar-refractivity contribution is 0.483. The molecule has 1 aliphatic rings. The number of benzene rings is 10. The maximum atomic E-state index is 15.2. The van der Waals surface area contributed by atoms with Crippen LogP contribution in [0.4, 0.5) is 40.3 Å². The van der Waals surface area contributed by atoms with Gasteiger partial charge >= 0.3 is 0 Å². The number of hydrogen-bond acceptors (Lipinski definition) is 4. The molecule has 0 bridgehead atoms. The van der Waals surface area contributed by atoms with Crippen molar-refractivity contribution in [3.63, 3.8) is 0 Å². The first-order chi connectivity index (χ1) is 38.4. The molecule has 79 heavy (non-hydrogen) atoms. The van der Waals surface area contributed by atoms with Crippen LogP contribution in [0.1, 0.15) is 26.3 Å². The van der Waals surface area contributed by atoms with E-state index in [-0.39, 0.29) is 23.2 Å². The van der Waals surface area contributed by atoms with Gasteiger partial charge in [0, 0.05) is 58.0 Å². The van der Waals surface area contributed by atoms with E-state index in [1.54, 1.807) is 18.2 Å². The quantitative estimate of drug-likeness (QED) is 0.128. The summed E-state index contributed by atoms with van der Waals surface area (Å²) in [6.07, 6.45) is 1.87. The first-order valence-electron chi connectivity index (χ1n) is 26.2. The Kier molecular flexibility index (Phi) is 12.2. The van der Waals surface area contributed by atoms with E-state index in [4.69, 9.17) is 9.72 Å². The lowest BCUT2D eigenvalue weighted by atomic mass is 9.88. The highest BCUT2D eigenvalue weighted by atomic mass is 19.1. The van der Waals surface area contributed by atoms with Crippen molar-refractivity contribution < 1.29 is 22.3 Å². The minimum absolute atomic E-state index is 0.101. The number of hydrogen-bond donors (Lipinski definition) is 0. The average Bonchev–Trinajstić information content (AvgIpc) is 4.02. The number of para-hydroxylation sites is 4. The van der Waals surface area contributed by atoms with Crippen molar-refractivity contribution in [2.75, 3.05) is 16.5 Å². The summed E-state index contributed by atoms with van der Waals surface area (Å²) in [7, 11) is 0. The summed E-state index contributed by atoms with van der Waals surface area (Å²) in [6, 6.07) is 72.2. The van der Waals surface area contributed by atoms with Crippen molar-refractivity contribution in [1.29, 1.82) is 0 Å². The molecular weight excluding hydrogens is 989 g/mol. The van der Waals surface area contributed by atoms with E-state index in [1.807, 2.05) is 90.0 Å². The fraction of sp³-hybridized carbons (Fsp3) is 0.0714. The van der Waals surface area contributed by atoms with Gasteiger partial charge in [0.1, 0.15) is 47.3 Å². The summed E-state index contributed by atoms with van der Waals surface area (Å²) in [5.41, 5.74) is 13.4. The van der Waals surface area contributed by atoms with Crippen LogP contribution in [0.5, 0.6) is 11.5 Å². The monoisotopic (exact) mass is 1040 g/mol. The van der Waals surface area contributed by atoms with E-state index >= 15 is 17.6 Å². The zero-order chi connectivity index (χ0) is 53.9. The predicted octanol–water partition coefficient (Wildman–Crippen LogP) is 19.4. The minimum atomic E-state index is -0.755. The van der Waals surface area contributed by atoms with Crippen LogP contribution in [0.2, 0.25) is 0 Å². The topological polar surface area (TPSA) is 33.5 Å². The molecule has 384 valence electrons. The molecule has 0 radical (unpaired) electrons. The van der Waals surface area contributed by atoms with E-state index in [0.29, 0.717) is 28.3 Å². The van der Waals surface area contributed by atoms with Crippen LogP contribution < -0.4 is 14.5 Å². The van der Waals surface area contributed by atoms with Gasteiger partial charge in [-0.05, 0) is 153 Å². The van der Waals surface area contributed by atoms with Gasteiger partial charge < -0.3 is 14.5 Å². The van der Waals surface area contributed by atoms with Crippen LogP contribution in [-0.2, 0) is 5.41 Å². The molecule has 3 heterocycles. The second kappa shape index (κ2) is 19.7. The molecule has 0 aliphatic carbocycles. The highest BCUT2D eigenvalue weighted by Gasteiger charge is 2.32. The number of anilines is 4.